The molecule has 1 atom stereocenters. The lowest BCUT2D eigenvalue weighted by Crippen LogP contribution is -1.91. The van der Waals surface area contributed by atoms with Gasteiger partial charge in [0.1, 0.15) is 0 Å². The van der Waals surface area contributed by atoms with Crippen LogP contribution in [0.1, 0.15) is 18.4 Å². The van der Waals surface area contributed by atoms with E-state index in [0.29, 0.717) is 0 Å². The highest BCUT2D eigenvalue weighted by Gasteiger charge is 2.19. The van der Waals surface area contributed by atoms with Gasteiger partial charge in [-0.3, -0.25) is 0 Å². The van der Waals surface area contributed by atoms with Gasteiger partial charge in [-0.15, -0.1) is 0 Å². The van der Waals surface area contributed by atoms with E-state index in [-0.39, 0.29) is 0 Å². The second-order valence-corrected chi connectivity index (χ2v) is 3.61. The van der Waals surface area contributed by atoms with E-state index in [9.17, 15) is 0 Å². The van der Waals surface area contributed by atoms with Crippen molar-refractivity contribution in [2.75, 3.05) is 6.54 Å². The zero-order chi connectivity index (χ0) is 9.10. The van der Waals surface area contributed by atoms with Crippen molar-refractivity contribution in [3.05, 3.63) is 42.5 Å². The molecule has 0 radical (unpaired) electrons. The maximum absolute atomic E-state index is 4.10. The molecule has 0 saturated carbocycles. The van der Waals surface area contributed by atoms with Crippen molar-refractivity contribution in [1.82, 2.24) is 5.32 Å². The van der Waals surface area contributed by atoms with Crippen LogP contribution in [0.2, 0.25) is 0 Å². The topological polar surface area (TPSA) is 21.9 Å². The minimum Gasteiger partial charge on any atom is -0.311 e. The first-order valence-corrected chi connectivity index (χ1v) is 4.83. The van der Waals surface area contributed by atoms with E-state index in [1.54, 1.807) is 0 Å². The highest BCUT2D eigenvalue weighted by Crippen LogP contribution is 2.19. The largest absolute Gasteiger partial charge is 0.311 e. The molecule has 1 heteroatoms. The van der Waals surface area contributed by atoms with Crippen LogP contribution in [0.15, 0.2) is 36.9 Å². The standard InChI is InChI=1S/C12H15N/c1-10(7-8-12-9-13-12)11-5-3-2-4-6-11/h2-6,12-13H,1,7-9H2. The highest BCUT2D eigenvalue weighted by molar-refractivity contribution is 5.63. The SMILES string of the molecule is C=C(CCC1CN1)c1ccccc1. The second kappa shape index (κ2) is 3.75. The number of allylic oxidation sites excluding steroid dienone is 1. The molecule has 0 spiro atoms. The van der Waals surface area contributed by atoms with Gasteiger partial charge < -0.3 is 5.32 Å². The molecule has 68 valence electrons. The van der Waals surface area contributed by atoms with Crippen LogP contribution in [-0.2, 0) is 0 Å². The average Bonchev–Trinajstić information content (AvgIpc) is 2.99. The quantitative estimate of drug-likeness (QED) is 0.694. The fourth-order valence-electron chi connectivity index (χ4n) is 1.45. The Morgan fingerprint density at radius 1 is 1.38 bits per heavy atom. The third kappa shape index (κ3) is 2.43. The van der Waals surface area contributed by atoms with Crippen molar-refractivity contribution in [3.8, 4) is 0 Å². The van der Waals surface area contributed by atoms with E-state index >= 15 is 0 Å². The van der Waals surface area contributed by atoms with Gasteiger partial charge in [0.05, 0.1) is 0 Å². The summed E-state index contributed by atoms with van der Waals surface area (Å²) in [5.74, 6) is 0. The first-order chi connectivity index (χ1) is 6.36. The van der Waals surface area contributed by atoms with E-state index in [0.717, 1.165) is 12.5 Å². The van der Waals surface area contributed by atoms with Gasteiger partial charge in [0.2, 0.25) is 0 Å². The number of hydrogen-bond acceptors (Lipinski definition) is 1. The van der Waals surface area contributed by atoms with Crippen molar-refractivity contribution in [1.29, 1.82) is 0 Å². The van der Waals surface area contributed by atoms with E-state index in [2.05, 4.69) is 36.2 Å². The number of rotatable bonds is 4. The van der Waals surface area contributed by atoms with Crippen LogP contribution < -0.4 is 5.32 Å². The molecule has 0 amide bonds. The summed E-state index contributed by atoms with van der Waals surface area (Å²) in [5, 5.41) is 3.30. The Morgan fingerprint density at radius 3 is 2.69 bits per heavy atom. The van der Waals surface area contributed by atoms with Gasteiger partial charge in [-0.05, 0) is 24.0 Å². The van der Waals surface area contributed by atoms with Gasteiger partial charge in [0, 0.05) is 12.6 Å². The molecule has 1 aromatic rings. The van der Waals surface area contributed by atoms with E-state index in [1.165, 1.54) is 24.1 Å². The molecule has 1 saturated heterocycles. The lowest BCUT2D eigenvalue weighted by molar-refractivity contribution is 0.833. The Morgan fingerprint density at radius 2 is 2.08 bits per heavy atom. The lowest BCUT2D eigenvalue weighted by atomic mass is 10.0. The summed E-state index contributed by atoms with van der Waals surface area (Å²) in [4.78, 5) is 0. The predicted molar refractivity (Wildman–Crippen MR) is 56.5 cm³/mol. The summed E-state index contributed by atoms with van der Waals surface area (Å²) >= 11 is 0. The Labute approximate surface area is 79.5 Å². The van der Waals surface area contributed by atoms with Gasteiger partial charge >= 0.3 is 0 Å². The Bertz CT molecular complexity index is 285. The summed E-state index contributed by atoms with van der Waals surface area (Å²) in [5.41, 5.74) is 2.54. The van der Waals surface area contributed by atoms with Crippen LogP contribution in [0, 0.1) is 0 Å². The van der Waals surface area contributed by atoms with Gasteiger partial charge in [0.15, 0.2) is 0 Å². The minimum atomic E-state index is 0.764. The third-order valence-corrected chi connectivity index (χ3v) is 2.47. The van der Waals surface area contributed by atoms with E-state index in [4.69, 9.17) is 0 Å². The molecule has 1 heterocycles. The molecule has 2 rings (SSSR count). The monoisotopic (exact) mass is 173 g/mol. The fraction of sp³-hybridized carbons (Fsp3) is 0.333. The smallest absolute Gasteiger partial charge is 0.0196 e. The van der Waals surface area contributed by atoms with Gasteiger partial charge in [-0.2, -0.15) is 0 Å². The van der Waals surface area contributed by atoms with E-state index < -0.39 is 0 Å². The Hall–Kier alpha value is -1.08. The maximum Gasteiger partial charge on any atom is 0.0196 e. The van der Waals surface area contributed by atoms with Gasteiger partial charge in [0.25, 0.3) is 0 Å². The van der Waals surface area contributed by atoms with Crippen LogP contribution in [0.25, 0.3) is 5.57 Å². The summed E-state index contributed by atoms with van der Waals surface area (Å²) in [7, 11) is 0. The second-order valence-electron chi connectivity index (χ2n) is 3.61. The molecule has 13 heavy (non-hydrogen) atoms. The summed E-state index contributed by atoms with van der Waals surface area (Å²) < 4.78 is 0. The minimum absolute atomic E-state index is 0.764. The van der Waals surface area contributed by atoms with Crippen LogP contribution in [0.3, 0.4) is 0 Å². The van der Waals surface area contributed by atoms with Crippen molar-refractivity contribution in [2.24, 2.45) is 0 Å². The van der Waals surface area contributed by atoms with Crippen LogP contribution in [-0.4, -0.2) is 12.6 Å². The van der Waals surface area contributed by atoms with Gasteiger partial charge in [-0.1, -0.05) is 36.9 Å². The molecule has 0 aromatic heterocycles. The number of hydrogen-bond donors (Lipinski definition) is 1. The maximum atomic E-state index is 4.10. The van der Waals surface area contributed by atoms with Crippen LogP contribution in [0.5, 0.6) is 0 Å². The highest BCUT2D eigenvalue weighted by atomic mass is 15.1. The molecule has 0 aliphatic carbocycles. The average molecular weight is 173 g/mol. The van der Waals surface area contributed by atoms with Crippen molar-refractivity contribution < 1.29 is 0 Å². The third-order valence-electron chi connectivity index (χ3n) is 2.47. The molecular formula is C12H15N. The van der Waals surface area contributed by atoms with E-state index in [1.807, 2.05) is 6.07 Å². The van der Waals surface area contributed by atoms with Crippen molar-refractivity contribution in [3.63, 3.8) is 0 Å². The van der Waals surface area contributed by atoms with Gasteiger partial charge in [-0.25, -0.2) is 0 Å². The molecule has 1 nitrogen and oxygen atoms in total. The van der Waals surface area contributed by atoms with Crippen molar-refractivity contribution >= 4 is 5.57 Å². The molecular weight excluding hydrogens is 158 g/mol. The molecule has 1 fully saturated rings. The van der Waals surface area contributed by atoms with Crippen LogP contribution >= 0.6 is 0 Å². The first kappa shape index (κ1) is 8.52. The number of benzene rings is 1. The number of nitrogens with one attached hydrogen (secondary N) is 1. The summed E-state index contributed by atoms with van der Waals surface area (Å²) in [6.45, 7) is 5.29. The molecule has 1 aliphatic heterocycles. The zero-order valence-electron chi connectivity index (χ0n) is 7.79. The first-order valence-electron chi connectivity index (χ1n) is 4.83. The Kier molecular flexibility index (Phi) is 2.46. The zero-order valence-corrected chi connectivity index (χ0v) is 7.79. The van der Waals surface area contributed by atoms with Crippen molar-refractivity contribution in [2.45, 2.75) is 18.9 Å². The summed E-state index contributed by atoms with van der Waals surface area (Å²) in [6, 6.07) is 11.2. The lowest BCUT2D eigenvalue weighted by Gasteiger charge is -2.03. The molecule has 1 unspecified atom stereocenters. The summed E-state index contributed by atoms with van der Waals surface area (Å²) in [6.07, 6.45) is 2.34. The molecule has 0 bridgehead atoms. The normalized spacial score (nSPS) is 19.8. The Balaban J connectivity index is 1.89. The van der Waals surface area contributed by atoms with Crippen LogP contribution in [0.4, 0.5) is 0 Å². The molecule has 1 N–H and O–H groups in total. The fourth-order valence-corrected chi connectivity index (χ4v) is 1.45. The molecule has 1 aromatic carbocycles. The predicted octanol–water partition coefficient (Wildman–Crippen LogP) is 2.45. The molecule has 1 aliphatic rings.